The molecule has 0 atom stereocenters. The second kappa shape index (κ2) is 5.93. The van der Waals surface area contributed by atoms with Gasteiger partial charge in [0.2, 0.25) is 0 Å². The van der Waals surface area contributed by atoms with Gasteiger partial charge in [-0.25, -0.2) is 4.79 Å². The number of benzene rings is 1. The maximum atomic E-state index is 13.2. The molecule has 21 heavy (non-hydrogen) atoms. The molecule has 0 aliphatic carbocycles. The molecule has 0 saturated heterocycles. The van der Waals surface area contributed by atoms with Crippen LogP contribution < -0.4 is 10.5 Å². The van der Waals surface area contributed by atoms with Crippen molar-refractivity contribution in [1.82, 2.24) is 4.90 Å². The van der Waals surface area contributed by atoms with Gasteiger partial charge in [0.25, 0.3) is 0 Å². The summed E-state index contributed by atoms with van der Waals surface area (Å²) < 4.78 is 44.3. The molecule has 0 unspecified atom stereocenters. The summed E-state index contributed by atoms with van der Waals surface area (Å²) in [5.74, 6) is -0.223. The molecule has 1 rings (SSSR count). The number of likely N-dealkylation sites (N-methyl/N-ethyl adjacent to an activating group) is 1. The summed E-state index contributed by atoms with van der Waals surface area (Å²) in [7, 11) is 3.58. The highest BCUT2D eigenvalue weighted by Gasteiger charge is 2.38. The number of hydrogen-bond donors (Lipinski definition) is 1. The van der Waals surface area contributed by atoms with E-state index in [9.17, 15) is 18.0 Å². The zero-order chi connectivity index (χ0) is 16.4. The number of amides is 1. The Bertz CT molecular complexity index is 525. The summed E-state index contributed by atoms with van der Waals surface area (Å²) >= 11 is 0. The van der Waals surface area contributed by atoms with E-state index < -0.39 is 23.2 Å². The van der Waals surface area contributed by atoms with Gasteiger partial charge in [0.15, 0.2) is 0 Å². The zero-order valence-corrected chi connectivity index (χ0v) is 12.4. The maximum absolute atomic E-state index is 13.2. The highest BCUT2D eigenvalue weighted by atomic mass is 19.4. The third-order valence-corrected chi connectivity index (χ3v) is 2.96. The lowest BCUT2D eigenvalue weighted by Crippen LogP contribution is -2.34. The van der Waals surface area contributed by atoms with Crippen molar-refractivity contribution in [2.75, 3.05) is 20.6 Å². The Labute approximate surface area is 121 Å². The Hall–Kier alpha value is -1.76. The van der Waals surface area contributed by atoms with Crippen molar-refractivity contribution in [3.05, 3.63) is 29.3 Å². The molecule has 2 N–H and O–H groups in total. The predicted octanol–water partition coefficient (Wildman–Crippen LogP) is 3.00. The molecule has 7 heteroatoms. The average molecular weight is 304 g/mol. The second-order valence-electron chi connectivity index (χ2n) is 5.75. The Balaban J connectivity index is 3.35. The number of nitrogens with two attached hydrogens (primary N) is 1. The lowest BCUT2D eigenvalue weighted by atomic mass is 9.81. The third kappa shape index (κ3) is 4.63. The highest BCUT2D eigenvalue weighted by Crippen LogP contribution is 2.39. The number of carbonyl (C=O) groups excluding carboxylic acids is 1. The first-order chi connectivity index (χ1) is 9.43. The van der Waals surface area contributed by atoms with Crippen LogP contribution >= 0.6 is 0 Å². The molecule has 0 radical (unpaired) electrons. The fourth-order valence-corrected chi connectivity index (χ4v) is 2.40. The summed E-state index contributed by atoms with van der Waals surface area (Å²) in [5, 5.41) is 0. The number of rotatable bonds is 4. The minimum Gasteiger partial charge on any atom is -0.410 e. The molecular formula is C14H19F3N2O2. The number of carbonyl (C=O) groups is 1. The first-order valence-corrected chi connectivity index (χ1v) is 6.27. The molecule has 4 nitrogen and oxygen atoms in total. The second-order valence-corrected chi connectivity index (χ2v) is 5.75. The van der Waals surface area contributed by atoms with Crippen LogP contribution in [0.3, 0.4) is 0 Å². The molecule has 1 amide bonds. The van der Waals surface area contributed by atoms with Gasteiger partial charge in [-0.15, -0.1) is 0 Å². The summed E-state index contributed by atoms with van der Waals surface area (Å²) in [6.45, 7) is 3.89. The fraction of sp³-hybridized carbons (Fsp3) is 0.500. The molecule has 0 bridgehead atoms. The maximum Gasteiger partial charge on any atom is 0.416 e. The number of nitrogens with zero attached hydrogens (tertiary/aromatic N) is 1. The first-order valence-electron chi connectivity index (χ1n) is 6.27. The molecule has 0 fully saturated rings. The van der Waals surface area contributed by atoms with E-state index in [2.05, 4.69) is 4.74 Å². The molecule has 0 spiro atoms. The average Bonchev–Trinajstić information content (AvgIpc) is 2.24. The molecule has 0 aromatic heterocycles. The molecule has 0 aliphatic rings. The zero-order valence-electron chi connectivity index (χ0n) is 12.4. The normalized spacial score (nSPS) is 12.6. The lowest BCUT2D eigenvalue weighted by molar-refractivity contribution is -0.138. The monoisotopic (exact) mass is 304 g/mol. The minimum absolute atomic E-state index is 0.139. The van der Waals surface area contributed by atoms with Gasteiger partial charge in [-0.05, 0) is 31.8 Å². The van der Waals surface area contributed by atoms with Gasteiger partial charge in [-0.2, -0.15) is 13.2 Å². The van der Waals surface area contributed by atoms with Crippen LogP contribution in [0.5, 0.6) is 5.75 Å². The Morgan fingerprint density at radius 1 is 1.24 bits per heavy atom. The third-order valence-electron chi connectivity index (χ3n) is 2.96. The van der Waals surface area contributed by atoms with E-state index in [0.717, 1.165) is 6.07 Å². The van der Waals surface area contributed by atoms with Crippen molar-refractivity contribution >= 4 is 6.09 Å². The van der Waals surface area contributed by atoms with Crippen LogP contribution in [-0.2, 0) is 11.6 Å². The first kappa shape index (κ1) is 17.3. The van der Waals surface area contributed by atoms with E-state index in [1.807, 2.05) is 4.90 Å². The van der Waals surface area contributed by atoms with Crippen LogP contribution in [0, 0.1) is 0 Å². The topological polar surface area (TPSA) is 55.6 Å². The lowest BCUT2D eigenvalue weighted by Gasteiger charge is -2.31. The van der Waals surface area contributed by atoms with E-state index in [4.69, 9.17) is 5.73 Å². The summed E-state index contributed by atoms with van der Waals surface area (Å²) in [6, 6.07) is 3.44. The molecule has 1 aromatic carbocycles. The Kier molecular flexibility index (Phi) is 4.88. The summed E-state index contributed by atoms with van der Waals surface area (Å²) in [6.07, 6.45) is -5.70. The molecule has 0 saturated carbocycles. The van der Waals surface area contributed by atoms with Crippen molar-refractivity contribution < 1.29 is 22.7 Å². The van der Waals surface area contributed by atoms with Gasteiger partial charge >= 0.3 is 12.3 Å². The van der Waals surface area contributed by atoms with E-state index in [0.29, 0.717) is 6.54 Å². The van der Waals surface area contributed by atoms with Crippen molar-refractivity contribution in [3.8, 4) is 5.75 Å². The van der Waals surface area contributed by atoms with E-state index in [-0.39, 0.29) is 11.3 Å². The van der Waals surface area contributed by atoms with Crippen molar-refractivity contribution in [3.63, 3.8) is 0 Å². The molecule has 1 aromatic rings. The fourth-order valence-electron chi connectivity index (χ4n) is 2.40. The van der Waals surface area contributed by atoms with Crippen molar-refractivity contribution in [1.29, 1.82) is 0 Å². The molecular weight excluding hydrogens is 285 g/mol. The van der Waals surface area contributed by atoms with Gasteiger partial charge in [-0.3, -0.25) is 0 Å². The number of alkyl halides is 3. The Morgan fingerprint density at radius 3 is 2.24 bits per heavy atom. The van der Waals surface area contributed by atoms with Gasteiger partial charge in [0, 0.05) is 12.0 Å². The summed E-state index contributed by atoms with van der Waals surface area (Å²) in [5.41, 5.74) is 3.42. The molecule has 0 heterocycles. The van der Waals surface area contributed by atoms with E-state index >= 15 is 0 Å². The van der Waals surface area contributed by atoms with Crippen molar-refractivity contribution in [2.24, 2.45) is 5.73 Å². The van der Waals surface area contributed by atoms with Crippen LogP contribution in [0.15, 0.2) is 18.2 Å². The largest absolute Gasteiger partial charge is 0.416 e. The number of halogens is 3. The smallest absolute Gasteiger partial charge is 0.410 e. The van der Waals surface area contributed by atoms with Gasteiger partial charge < -0.3 is 15.4 Å². The number of ether oxygens (including phenoxy) is 1. The van der Waals surface area contributed by atoms with E-state index in [1.165, 1.54) is 12.1 Å². The van der Waals surface area contributed by atoms with Crippen LogP contribution in [0.1, 0.15) is 25.0 Å². The Morgan fingerprint density at radius 2 is 1.81 bits per heavy atom. The summed E-state index contributed by atoms with van der Waals surface area (Å²) in [4.78, 5) is 12.5. The molecule has 0 aliphatic heterocycles. The number of hydrogen-bond acceptors (Lipinski definition) is 3. The number of primary amides is 1. The van der Waals surface area contributed by atoms with Crippen molar-refractivity contribution in [2.45, 2.75) is 25.4 Å². The van der Waals surface area contributed by atoms with Crippen LogP contribution in [-0.4, -0.2) is 31.6 Å². The standard InChI is InChI=1S/C14H19F3N2O2/c1-13(2,8-19(3)4)10-6-5-9(21-12(18)20)7-11(10)14(15,16)17/h5-7H,8H2,1-4H3,(H2,18,20). The van der Waals surface area contributed by atoms with Gasteiger partial charge in [0.1, 0.15) is 5.75 Å². The van der Waals surface area contributed by atoms with Gasteiger partial charge in [0.05, 0.1) is 5.56 Å². The van der Waals surface area contributed by atoms with Crippen LogP contribution in [0.4, 0.5) is 18.0 Å². The van der Waals surface area contributed by atoms with E-state index in [1.54, 1.807) is 27.9 Å². The highest BCUT2D eigenvalue weighted by molar-refractivity contribution is 5.68. The van der Waals surface area contributed by atoms with Crippen LogP contribution in [0.2, 0.25) is 0 Å². The van der Waals surface area contributed by atoms with Crippen LogP contribution in [0.25, 0.3) is 0 Å². The van der Waals surface area contributed by atoms with Gasteiger partial charge in [-0.1, -0.05) is 19.9 Å². The quantitative estimate of drug-likeness (QED) is 0.930. The minimum atomic E-state index is -4.55. The molecule has 118 valence electrons. The predicted molar refractivity (Wildman–Crippen MR) is 73.2 cm³/mol. The SMILES string of the molecule is CN(C)CC(C)(C)c1ccc(OC(N)=O)cc1C(F)(F)F.